The lowest BCUT2D eigenvalue weighted by atomic mass is 10.1. The summed E-state index contributed by atoms with van der Waals surface area (Å²) < 4.78 is 48.5. The standard InChI is InChI=1S/C7H4F4N2/c8-6-2-4(7(9,10)11)1-5(3-12)13-6/h1-2,5,13H. The highest BCUT2D eigenvalue weighted by molar-refractivity contribution is 5.33. The fourth-order valence-corrected chi connectivity index (χ4v) is 0.842. The van der Waals surface area contributed by atoms with E-state index in [-0.39, 0.29) is 0 Å². The lowest BCUT2D eigenvalue weighted by Crippen LogP contribution is -2.29. The first-order chi connectivity index (χ1) is 5.93. The molecule has 0 amide bonds. The van der Waals surface area contributed by atoms with E-state index in [4.69, 9.17) is 5.26 Å². The van der Waals surface area contributed by atoms with Crippen LogP contribution >= 0.6 is 0 Å². The fourth-order valence-electron chi connectivity index (χ4n) is 0.842. The number of rotatable bonds is 0. The van der Waals surface area contributed by atoms with E-state index in [0.717, 1.165) is 0 Å². The van der Waals surface area contributed by atoms with E-state index in [0.29, 0.717) is 12.2 Å². The third-order valence-electron chi connectivity index (χ3n) is 1.39. The molecule has 0 radical (unpaired) electrons. The largest absolute Gasteiger partial charge is 0.416 e. The monoisotopic (exact) mass is 192 g/mol. The number of halogens is 4. The maximum absolute atomic E-state index is 12.5. The third kappa shape index (κ3) is 2.21. The lowest BCUT2D eigenvalue weighted by Gasteiger charge is -2.16. The number of allylic oxidation sites excluding steroid dienone is 2. The van der Waals surface area contributed by atoms with Gasteiger partial charge in [-0.05, 0) is 6.08 Å². The van der Waals surface area contributed by atoms with Gasteiger partial charge in [-0.2, -0.15) is 22.8 Å². The molecule has 0 fully saturated rings. The highest BCUT2D eigenvalue weighted by atomic mass is 19.4. The van der Waals surface area contributed by atoms with Crippen LogP contribution in [0.2, 0.25) is 0 Å². The maximum Gasteiger partial charge on any atom is 0.416 e. The van der Waals surface area contributed by atoms with E-state index in [1.165, 1.54) is 6.07 Å². The second kappa shape index (κ2) is 3.09. The average molecular weight is 192 g/mol. The molecule has 6 heteroatoms. The first-order valence-corrected chi connectivity index (χ1v) is 3.26. The van der Waals surface area contributed by atoms with Crippen LogP contribution in [0.1, 0.15) is 0 Å². The number of nitriles is 1. The number of hydrogen-bond acceptors (Lipinski definition) is 2. The molecule has 0 aromatic carbocycles. The molecule has 2 nitrogen and oxygen atoms in total. The highest BCUT2D eigenvalue weighted by Gasteiger charge is 2.35. The van der Waals surface area contributed by atoms with Gasteiger partial charge in [0.2, 0.25) is 0 Å². The smallest absolute Gasteiger partial charge is 0.343 e. The zero-order valence-electron chi connectivity index (χ0n) is 6.19. The molecule has 1 atom stereocenters. The summed E-state index contributed by atoms with van der Waals surface area (Å²) in [7, 11) is 0. The molecule has 1 unspecified atom stereocenters. The Balaban J connectivity index is 2.98. The molecule has 70 valence electrons. The van der Waals surface area contributed by atoms with Gasteiger partial charge in [-0.3, -0.25) is 0 Å². The van der Waals surface area contributed by atoms with Gasteiger partial charge in [-0.15, -0.1) is 0 Å². The first kappa shape index (κ1) is 9.58. The molecular formula is C7H4F4N2. The SMILES string of the molecule is N#CC1C=C(C(F)(F)F)C=C(F)N1. The van der Waals surface area contributed by atoms with E-state index >= 15 is 0 Å². The van der Waals surface area contributed by atoms with Crippen molar-refractivity contribution in [3.8, 4) is 6.07 Å². The number of nitrogens with zero attached hydrogens (tertiary/aromatic N) is 1. The normalized spacial score (nSPS) is 22.5. The number of hydrogen-bond donors (Lipinski definition) is 1. The van der Waals surface area contributed by atoms with Gasteiger partial charge in [0, 0.05) is 6.08 Å². The predicted molar refractivity (Wildman–Crippen MR) is 35.9 cm³/mol. The van der Waals surface area contributed by atoms with Crippen molar-refractivity contribution < 1.29 is 17.6 Å². The third-order valence-corrected chi connectivity index (χ3v) is 1.39. The minimum absolute atomic E-state index is 0.313. The van der Waals surface area contributed by atoms with Gasteiger partial charge in [0.1, 0.15) is 6.04 Å². The summed E-state index contributed by atoms with van der Waals surface area (Å²) in [4.78, 5) is 0. The zero-order chi connectivity index (χ0) is 10.1. The summed E-state index contributed by atoms with van der Waals surface area (Å²) >= 11 is 0. The van der Waals surface area contributed by atoms with Gasteiger partial charge in [0.25, 0.3) is 0 Å². The Kier molecular flexibility index (Phi) is 2.28. The van der Waals surface area contributed by atoms with Gasteiger partial charge >= 0.3 is 6.18 Å². The van der Waals surface area contributed by atoms with Crippen molar-refractivity contribution in [2.45, 2.75) is 12.2 Å². The van der Waals surface area contributed by atoms with E-state index in [1.807, 2.05) is 5.32 Å². The second-order valence-electron chi connectivity index (χ2n) is 2.36. The first-order valence-electron chi connectivity index (χ1n) is 3.26. The summed E-state index contributed by atoms with van der Waals surface area (Å²) in [6.07, 6.45) is -3.68. The quantitative estimate of drug-likeness (QED) is 0.469. The Bertz CT molecular complexity index is 307. The van der Waals surface area contributed by atoms with Crippen LogP contribution in [0.5, 0.6) is 0 Å². The van der Waals surface area contributed by atoms with Crippen molar-refractivity contribution in [2.75, 3.05) is 0 Å². The number of dihydropyridines is 1. The predicted octanol–water partition coefficient (Wildman–Crippen LogP) is 1.78. The van der Waals surface area contributed by atoms with Crippen molar-refractivity contribution in [1.82, 2.24) is 5.32 Å². The van der Waals surface area contributed by atoms with Gasteiger partial charge < -0.3 is 5.32 Å². The van der Waals surface area contributed by atoms with Gasteiger partial charge in [0.15, 0.2) is 5.95 Å². The number of nitrogens with one attached hydrogen (secondary N) is 1. The van der Waals surface area contributed by atoms with Crippen LogP contribution in [0.3, 0.4) is 0 Å². The van der Waals surface area contributed by atoms with E-state index in [9.17, 15) is 17.6 Å². The molecule has 0 bridgehead atoms. The Morgan fingerprint density at radius 2 is 2.08 bits per heavy atom. The number of alkyl halides is 3. The summed E-state index contributed by atoms with van der Waals surface area (Å²) in [6.45, 7) is 0. The highest BCUT2D eigenvalue weighted by Crippen LogP contribution is 2.29. The molecule has 13 heavy (non-hydrogen) atoms. The lowest BCUT2D eigenvalue weighted by molar-refractivity contribution is -0.0889. The van der Waals surface area contributed by atoms with Crippen molar-refractivity contribution >= 4 is 0 Å². The summed E-state index contributed by atoms with van der Waals surface area (Å²) in [5, 5.41) is 10.2. The second-order valence-corrected chi connectivity index (χ2v) is 2.36. The van der Waals surface area contributed by atoms with Crippen LogP contribution in [0.25, 0.3) is 0 Å². The van der Waals surface area contributed by atoms with Gasteiger partial charge in [-0.1, -0.05) is 0 Å². The van der Waals surface area contributed by atoms with E-state index in [1.54, 1.807) is 0 Å². The molecule has 1 N–H and O–H groups in total. The van der Waals surface area contributed by atoms with Crippen LogP contribution in [0.4, 0.5) is 17.6 Å². The van der Waals surface area contributed by atoms with Crippen molar-refractivity contribution in [2.24, 2.45) is 0 Å². The summed E-state index contributed by atoms with van der Waals surface area (Å²) in [5.41, 5.74) is -1.14. The van der Waals surface area contributed by atoms with Crippen LogP contribution in [-0.4, -0.2) is 12.2 Å². The topological polar surface area (TPSA) is 35.8 Å². The molecule has 0 aliphatic carbocycles. The Labute approximate surface area is 71.1 Å². The molecule has 0 saturated carbocycles. The molecule has 1 rings (SSSR count). The molecular weight excluding hydrogens is 188 g/mol. The molecule has 0 aromatic rings. The van der Waals surface area contributed by atoms with Crippen molar-refractivity contribution in [3.05, 3.63) is 23.7 Å². The van der Waals surface area contributed by atoms with Crippen molar-refractivity contribution in [3.63, 3.8) is 0 Å². The molecule has 1 aliphatic heterocycles. The van der Waals surface area contributed by atoms with E-state index in [2.05, 4.69) is 0 Å². The van der Waals surface area contributed by atoms with E-state index < -0.39 is 23.7 Å². The molecule has 0 saturated heterocycles. The van der Waals surface area contributed by atoms with Gasteiger partial charge in [-0.25, -0.2) is 0 Å². The average Bonchev–Trinajstić information content (AvgIpc) is 2.01. The van der Waals surface area contributed by atoms with Crippen LogP contribution in [0.15, 0.2) is 23.7 Å². The maximum atomic E-state index is 12.5. The van der Waals surface area contributed by atoms with Crippen LogP contribution < -0.4 is 5.32 Å². The minimum Gasteiger partial charge on any atom is -0.343 e. The molecule has 1 heterocycles. The fraction of sp³-hybridized carbons (Fsp3) is 0.286. The molecule has 1 aliphatic rings. The van der Waals surface area contributed by atoms with Crippen LogP contribution in [0, 0.1) is 11.3 Å². The van der Waals surface area contributed by atoms with Crippen LogP contribution in [-0.2, 0) is 0 Å². The molecule has 0 aromatic heterocycles. The zero-order valence-corrected chi connectivity index (χ0v) is 6.19. The van der Waals surface area contributed by atoms with Gasteiger partial charge in [0.05, 0.1) is 11.6 Å². The molecule has 0 spiro atoms. The Morgan fingerprint density at radius 1 is 1.46 bits per heavy atom. The van der Waals surface area contributed by atoms with Crippen molar-refractivity contribution in [1.29, 1.82) is 5.26 Å². The summed E-state index contributed by atoms with van der Waals surface area (Å²) in [5.74, 6) is -1.15. The summed E-state index contributed by atoms with van der Waals surface area (Å²) in [6, 6.07) is 0.206. The minimum atomic E-state index is -4.62. The Hall–Kier alpha value is -1.51. The Morgan fingerprint density at radius 3 is 2.54 bits per heavy atom.